The molecule has 0 aliphatic heterocycles. The van der Waals surface area contributed by atoms with Crippen molar-refractivity contribution in [2.45, 2.75) is 46.2 Å². The second kappa shape index (κ2) is 6.29. The average Bonchev–Trinajstić information content (AvgIpc) is 2.73. The Bertz CT molecular complexity index is 354. The Hall–Kier alpha value is -0.940. The van der Waals surface area contributed by atoms with Crippen molar-refractivity contribution in [1.82, 2.24) is 25.0 Å². The summed E-state index contributed by atoms with van der Waals surface area (Å²) in [6.45, 7) is 14.0. The number of nitrogens with one attached hydrogen (secondary N) is 1. The van der Waals surface area contributed by atoms with Crippen LogP contribution in [-0.2, 0) is 7.05 Å². The lowest BCUT2D eigenvalue weighted by Gasteiger charge is -2.43. The van der Waals surface area contributed by atoms with Crippen LogP contribution in [0.4, 0.5) is 0 Å². The third-order valence-corrected chi connectivity index (χ3v) is 3.70. The standard InChI is InChI=1S/C13H27N5/c1-7-14-11(12-15-10-16-17(12)6)13(4,5)18(8-2)9-3/h10-11,14H,7-9H2,1-6H3. The average molecular weight is 253 g/mol. The molecule has 1 rings (SSSR count). The summed E-state index contributed by atoms with van der Waals surface area (Å²) in [5.41, 5.74) is 0.000301. The van der Waals surface area contributed by atoms with Gasteiger partial charge in [-0.3, -0.25) is 9.58 Å². The minimum Gasteiger partial charge on any atom is -0.306 e. The van der Waals surface area contributed by atoms with E-state index in [1.54, 1.807) is 6.33 Å². The quantitative estimate of drug-likeness (QED) is 0.801. The molecule has 0 saturated heterocycles. The van der Waals surface area contributed by atoms with E-state index < -0.39 is 0 Å². The largest absolute Gasteiger partial charge is 0.306 e. The molecule has 0 bridgehead atoms. The van der Waals surface area contributed by atoms with Crippen molar-refractivity contribution in [3.8, 4) is 0 Å². The van der Waals surface area contributed by atoms with Crippen molar-refractivity contribution in [3.63, 3.8) is 0 Å². The van der Waals surface area contributed by atoms with Crippen molar-refractivity contribution in [2.75, 3.05) is 19.6 Å². The molecule has 1 heterocycles. The van der Waals surface area contributed by atoms with Gasteiger partial charge in [-0.05, 0) is 33.5 Å². The molecule has 1 aromatic rings. The van der Waals surface area contributed by atoms with Crippen LogP contribution in [0.3, 0.4) is 0 Å². The van der Waals surface area contributed by atoms with Crippen LogP contribution in [0.2, 0.25) is 0 Å². The molecule has 0 aliphatic rings. The monoisotopic (exact) mass is 253 g/mol. The van der Waals surface area contributed by atoms with Crippen LogP contribution in [0, 0.1) is 0 Å². The molecule has 0 aliphatic carbocycles. The summed E-state index contributed by atoms with van der Waals surface area (Å²) >= 11 is 0. The van der Waals surface area contributed by atoms with Crippen LogP contribution >= 0.6 is 0 Å². The van der Waals surface area contributed by atoms with E-state index in [0.29, 0.717) is 0 Å². The molecule has 1 unspecified atom stereocenters. The van der Waals surface area contributed by atoms with Gasteiger partial charge >= 0.3 is 0 Å². The van der Waals surface area contributed by atoms with Gasteiger partial charge in [-0.1, -0.05) is 20.8 Å². The molecular weight excluding hydrogens is 226 g/mol. The second-order valence-corrected chi connectivity index (χ2v) is 5.06. The Morgan fingerprint density at radius 1 is 1.33 bits per heavy atom. The van der Waals surface area contributed by atoms with Crippen LogP contribution < -0.4 is 5.32 Å². The molecule has 1 aromatic heterocycles. The maximum Gasteiger partial charge on any atom is 0.145 e. The molecule has 1 N–H and O–H groups in total. The van der Waals surface area contributed by atoms with Gasteiger partial charge in [0.05, 0.1) is 6.04 Å². The molecule has 0 spiro atoms. The lowest BCUT2D eigenvalue weighted by atomic mass is 9.91. The van der Waals surface area contributed by atoms with Gasteiger partial charge < -0.3 is 5.32 Å². The molecule has 104 valence electrons. The smallest absolute Gasteiger partial charge is 0.145 e. The zero-order chi connectivity index (χ0) is 13.8. The Balaban J connectivity index is 3.08. The van der Waals surface area contributed by atoms with E-state index in [2.05, 4.69) is 54.9 Å². The molecule has 0 fully saturated rings. The molecule has 18 heavy (non-hydrogen) atoms. The van der Waals surface area contributed by atoms with Crippen LogP contribution in [0.15, 0.2) is 6.33 Å². The third kappa shape index (κ3) is 2.90. The van der Waals surface area contributed by atoms with Crippen LogP contribution in [0.25, 0.3) is 0 Å². The zero-order valence-electron chi connectivity index (χ0n) is 12.6. The van der Waals surface area contributed by atoms with Crippen LogP contribution in [0.5, 0.6) is 0 Å². The molecule has 0 amide bonds. The first-order valence-corrected chi connectivity index (χ1v) is 6.81. The Morgan fingerprint density at radius 3 is 2.33 bits per heavy atom. The third-order valence-electron chi connectivity index (χ3n) is 3.70. The van der Waals surface area contributed by atoms with Crippen molar-refractivity contribution < 1.29 is 0 Å². The number of nitrogens with zero attached hydrogens (tertiary/aromatic N) is 4. The summed E-state index contributed by atoms with van der Waals surface area (Å²) in [5, 5.41) is 7.74. The predicted octanol–water partition coefficient (Wildman–Crippen LogP) is 1.59. The SMILES string of the molecule is CCNC(c1ncnn1C)C(C)(C)N(CC)CC. The molecule has 1 atom stereocenters. The van der Waals surface area contributed by atoms with Gasteiger partial charge in [-0.15, -0.1) is 0 Å². The van der Waals surface area contributed by atoms with Crippen LogP contribution in [-0.4, -0.2) is 44.8 Å². The summed E-state index contributed by atoms with van der Waals surface area (Å²) in [5.74, 6) is 0.994. The summed E-state index contributed by atoms with van der Waals surface area (Å²) < 4.78 is 1.86. The predicted molar refractivity (Wildman–Crippen MR) is 74.4 cm³/mol. The normalized spacial score (nSPS) is 14.2. The molecule has 0 saturated carbocycles. The maximum atomic E-state index is 4.41. The van der Waals surface area contributed by atoms with E-state index in [1.807, 2.05) is 11.7 Å². The first kappa shape index (κ1) is 15.1. The second-order valence-electron chi connectivity index (χ2n) is 5.06. The number of aromatic nitrogens is 3. The number of hydrogen-bond donors (Lipinski definition) is 1. The highest BCUT2D eigenvalue weighted by Crippen LogP contribution is 2.29. The summed E-state index contributed by atoms with van der Waals surface area (Å²) in [6, 6.07) is 0.176. The molecule has 0 radical (unpaired) electrons. The van der Waals surface area contributed by atoms with Gasteiger partial charge in [0.2, 0.25) is 0 Å². The van der Waals surface area contributed by atoms with E-state index in [4.69, 9.17) is 0 Å². The topological polar surface area (TPSA) is 46.0 Å². The summed E-state index contributed by atoms with van der Waals surface area (Å²) in [7, 11) is 1.95. The molecular formula is C13H27N5. The van der Waals surface area contributed by atoms with Gasteiger partial charge in [-0.2, -0.15) is 5.10 Å². The van der Waals surface area contributed by atoms with Gasteiger partial charge in [-0.25, -0.2) is 4.98 Å². The Labute approximate surface area is 111 Å². The number of aryl methyl sites for hydroxylation is 1. The summed E-state index contributed by atoms with van der Waals surface area (Å²) in [4.78, 5) is 6.87. The highest BCUT2D eigenvalue weighted by Gasteiger charge is 2.36. The van der Waals surface area contributed by atoms with Gasteiger partial charge in [0.1, 0.15) is 12.2 Å². The van der Waals surface area contributed by atoms with E-state index in [-0.39, 0.29) is 11.6 Å². The number of likely N-dealkylation sites (N-methyl/N-ethyl adjacent to an activating group) is 2. The highest BCUT2D eigenvalue weighted by atomic mass is 15.3. The zero-order valence-corrected chi connectivity index (χ0v) is 12.6. The van der Waals surface area contributed by atoms with Gasteiger partial charge in [0.25, 0.3) is 0 Å². The van der Waals surface area contributed by atoms with Crippen molar-refractivity contribution >= 4 is 0 Å². The lowest BCUT2D eigenvalue weighted by Crippen LogP contribution is -2.53. The Kier molecular flexibility index (Phi) is 5.28. The maximum absolute atomic E-state index is 4.41. The fourth-order valence-electron chi connectivity index (χ4n) is 2.65. The highest BCUT2D eigenvalue weighted by molar-refractivity contribution is 5.05. The molecule has 5 heteroatoms. The minimum absolute atomic E-state index is 0.000301. The van der Waals surface area contributed by atoms with E-state index in [9.17, 15) is 0 Å². The number of rotatable bonds is 7. The number of hydrogen-bond acceptors (Lipinski definition) is 4. The van der Waals surface area contributed by atoms with E-state index >= 15 is 0 Å². The van der Waals surface area contributed by atoms with Crippen molar-refractivity contribution in [3.05, 3.63) is 12.2 Å². The fourth-order valence-corrected chi connectivity index (χ4v) is 2.65. The molecule has 0 aromatic carbocycles. The van der Waals surface area contributed by atoms with E-state index in [1.165, 1.54) is 0 Å². The Morgan fingerprint density at radius 2 is 1.94 bits per heavy atom. The van der Waals surface area contributed by atoms with Crippen LogP contribution in [0.1, 0.15) is 46.5 Å². The van der Waals surface area contributed by atoms with E-state index in [0.717, 1.165) is 25.5 Å². The van der Waals surface area contributed by atoms with Gasteiger partial charge in [0, 0.05) is 12.6 Å². The first-order chi connectivity index (χ1) is 8.48. The van der Waals surface area contributed by atoms with Crippen molar-refractivity contribution in [2.24, 2.45) is 7.05 Å². The fraction of sp³-hybridized carbons (Fsp3) is 0.846. The lowest BCUT2D eigenvalue weighted by molar-refractivity contribution is 0.0868. The molecule has 5 nitrogen and oxygen atoms in total. The van der Waals surface area contributed by atoms with Gasteiger partial charge in [0.15, 0.2) is 0 Å². The summed E-state index contributed by atoms with van der Waals surface area (Å²) in [6.07, 6.45) is 1.62. The van der Waals surface area contributed by atoms with Crippen molar-refractivity contribution in [1.29, 1.82) is 0 Å². The minimum atomic E-state index is 0.000301. The first-order valence-electron chi connectivity index (χ1n) is 6.81.